The third kappa shape index (κ3) is 4.95. The number of benzene rings is 1. The van der Waals surface area contributed by atoms with Crippen molar-refractivity contribution < 1.29 is 4.74 Å². The van der Waals surface area contributed by atoms with Gasteiger partial charge in [0.1, 0.15) is 5.75 Å². The predicted molar refractivity (Wildman–Crippen MR) is 78.8 cm³/mol. The minimum Gasteiger partial charge on any atom is -0.493 e. The molecule has 0 aliphatic rings. The van der Waals surface area contributed by atoms with Crippen LogP contribution in [-0.2, 0) is 0 Å². The Bertz CT molecular complexity index is 347. The van der Waals surface area contributed by atoms with Crippen molar-refractivity contribution in [3.63, 3.8) is 0 Å². The molecule has 0 aromatic heterocycles. The van der Waals surface area contributed by atoms with Crippen molar-refractivity contribution in [1.29, 1.82) is 0 Å². The summed E-state index contributed by atoms with van der Waals surface area (Å²) in [5, 5.41) is 1.01. The molecule has 0 amide bonds. The molecule has 1 aromatic carbocycles. The molecule has 0 spiro atoms. The topological polar surface area (TPSA) is 9.23 Å². The van der Waals surface area contributed by atoms with Crippen LogP contribution in [0, 0.1) is 5.92 Å². The normalized spacial score (nSPS) is 12.9. The predicted octanol–water partition coefficient (Wildman–Crippen LogP) is 4.91. The third-order valence-electron chi connectivity index (χ3n) is 2.65. The summed E-state index contributed by atoms with van der Waals surface area (Å²) in [5.74, 6) is 1.58. The summed E-state index contributed by atoms with van der Waals surface area (Å²) in [6, 6.07) is 8.17. The van der Waals surface area contributed by atoms with Crippen molar-refractivity contribution in [1.82, 2.24) is 0 Å². The first-order valence-electron chi connectivity index (χ1n) is 6.22. The second kappa shape index (κ2) is 8.35. The Morgan fingerprint density at radius 2 is 2.12 bits per heavy atom. The lowest BCUT2D eigenvalue weighted by Crippen LogP contribution is -2.13. The SMILES string of the molecule is CC=Cc1ccccc1OCC(CBr)CCC. The molecule has 94 valence electrons. The molecule has 1 atom stereocenters. The van der Waals surface area contributed by atoms with Crippen molar-refractivity contribution in [3.8, 4) is 5.75 Å². The fraction of sp³-hybridized carbons (Fsp3) is 0.467. The van der Waals surface area contributed by atoms with Crippen LogP contribution in [0.15, 0.2) is 30.3 Å². The summed E-state index contributed by atoms with van der Waals surface area (Å²) in [6.45, 7) is 5.02. The Balaban J connectivity index is 2.61. The minimum atomic E-state index is 0.596. The zero-order chi connectivity index (χ0) is 12.5. The number of rotatable bonds is 7. The Morgan fingerprint density at radius 3 is 2.76 bits per heavy atom. The molecule has 1 aromatic rings. The highest BCUT2D eigenvalue weighted by molar-refractivity contribution is 9.09. The summed E-state index contributed by atoms with van der Waals surface area (Å²) in [5.41, 5.74) is 1.15. The van der Waals surface area contributed by atoms with Gasteiger partial charge in [0.2, 0.25) is 0 Å². The fourth-order valence-electron chi connectivity index (χ4n) is 1.75. The maximum atomic E-state index is 5.91. The van der Waals surface area contributed by atoms with E-state index in [1.54, 1.807) is 0 Å². The molecule has 0 fully saturated rings. The van der Waals surface area contributed by atoms with Crippen LogP contribution in [0.1, 0.15) is 32.3 Å². The highest BCUT2D eigenvalue weighted by atomic mass is 79.9. The van der Waals surface area contributed by atoms with Crippen molar-refractivity contribution >= 4 is 22.0 Å². The molecular formula is C15H21BrO. The first kappa shape index (κ1) is 14.3. The van der Waals surface area contributed by atoms with Gasteiger partial charge in [0.05, 0.1) is 6.61 Å². The van der Waals surface area contributed by atoms with Gasteiger partial charge in [-0.2, -0.15) is 0 Å². The molecule has 1 unspecified atom stereocenters. The van der Waals surface area contributed by atoms with Crippen molar-refractivity contribution in [3.05, 3.63) is 35.9 Å². The summed E-state index contributed by atoms with van der Waals surface area (Å²) >= 11 is 3.55. The van der Waals surface area contributed by atoms with Crippen LogP contribution in [0.3, 0.4) is 0 Å². The van der Waals surface area contributed by atoms with Crippen LogP contribution in [0.25, 0.3) is 6.08 Å². The van der Waals surface area contributed by atoms with E-state index in [-0.39, 0.29) is 0 Å². The van der Waals surface area contributed by atoms with Crippen LogP contribution in [0.4, 0.5) is 0 Å². The van der Waals surface area contributed by atoms with E-state index in [4.69, 9.17) is 4.74 Å². The molecule has 2 heteroatoms. The second-order valence-corrected chi connectivity index (χ2v) is 4.81. The smallest absolute Gasteiger partial charge is 0.126 e. The molecule has 0 saturated heterocycles. The molecule has 0 aliphatic heterocycles. The Hall–Kier alpha value is -0.760. The van der Waals surface area contributed by atoms with E-state index in [1.165, 1.54) is 12.8 Å². The average Bonchev–Trinajstić information content (AvgIpc) is 2.36. The van der Waals surface area contributed by atoms with Crippen LogP contribution in [-0.4, -0.2) is 11.9 Å². The second-order valence-electron chi connectivity index (χ2n) is 4.16. The molecule has 0 N–H and O–H groups in total. The van der Waals surface area contributed by atoms with Gasteiger partial charge in [-0.15, -0.1) is 0 Å². The van der Waals surface area contributed by atoms with Gasteiger partial charge in [-0.3, -0.25) is 0 Å². The highest BCUT2D eigenvalue weighted by Crippen LogP contribution is 2.21. The van der Waals surface area contributed by atoms with Crippen molar-refractivity contribution in [2.45, 2.75) is 26.7 Å². The standard InChI is InChI=1S/C15H21BrO/c1-3-7-13(11-16)12-17-15-10-6-5-9-14(15)8-4-2/h4-6,8-10,13H,3,7,11-12H2,1-2H3. The zero-order valence-electron chi connectivity index (χ0n) is 10.7. The molecule has 17 heavy (non-hydrogen) atoms. The molecule has 0 radical (unpaired) electrons. The number of halogens is 1. The summed E-state index contributed by atoms with van der Waals surface area (Å²) in [4.78, 5) is 0. The van der Waals surface area contributed by atoms with Gasteiger partial charge in [0, 0.05) is 16.8 Å². The summed E-state index contributed by atoms with van der Waals surface area (Å²) < 4.78 is 5.91. The van der Waals surface area contributed by atoms with Gasteiger partial charge in [-0.25, -0.2) is 0 Å². The molecule has 0 bridgehead atoms. The number of hydrogen-bond donors (Lipinski definition) is 0. The van der Waals surface area contributed by atoms with Gasteiger partial charge >= 0.3 is 0 Å². The minimum absolute atomic E-state index is 0.596. The summed E-state index contributed by atoms with van der Waals surface area (Å²) in [7, 11) is 0. The lowest BCUT2D eigenvalue weighted by atomic mass is 10.1. The number of para-hydroxylation sites is 1. The zero-order valence-corrected chi connectivity index (χ0v) is 12.2. The van der Waals surface area contributed by atoms with Crippen LogP contribution < -0.4 is 4.74 Å². The van der Waals surface area contributed by atoms with Gasteiger partial charge < -0.3 is 4.74 Å². The maximum absolute atomic E-state index is 5.91. The maximum Gasteiger partial charge on any atom is 0.126 e. The van der Waals surface area contributed by atoms with E-state index in [0.29, 0.717) is 5.92 Å². The average molecular weight is 297 g/mol. The van der Waals surface area contributed by atoms with Gasteiger partial charge in [-0.1, -0.05) is 59.6 Å². The number of hydrogen-bond acceptors (Lipinski definition) is 1. The fourth-order valence-corrected chi connectivity index (χ4v) is 2.26. The lowest BCUT2D eigenvalue weighted by Gasteiger charge is -2.15. The molecule has 1 rings (SSSR count). The Kier molecular flexibility index (Phi) is 7.02. The Labute approximate surface area is 113 Å². The van der Waals surface area contributed by atoms with E-state index in [1.807, 2.05) is 31.2 Å². The Morgan fingerprint density at radius 1 is 1.35 bits per heavy atom. The number of ether oxygens (including phenoxy) is 1. The summed E-state index contributed by atoms with van der Waals surface area (Å²) in [6.07, 6.45) is 6.53. The van der Waals surface area contributed by atoms with Crippen LogP contribution in [0.2, 0.25) is 0 Å². The highest BCUT2D eigenvalue weighted by Gasteiger charge is 2.08. The number of allylic oxidation sites excluding steroid dienone is 1. The van der Waals surface area contributed by atoms with E-state index >= 15 is 0 Å². The van der Waals surface area contributed by atoms with Gasteiger partial charge in [0.25, 0.3) is 0 Å². The van der Waals surface area contributed by atoms with Crippen LogP contribution >= 0.6 is 15.9 Å². The van der Waals surface area contributed by atoms with E-state index in [9.17, 15) is 0 Å². The quantitative estimate of drug-likeness (QED) is 0.650. The molecule has 0 saturated carbocycles. The van der Waals surface area contributed by atoms with Crippen molar-refractivity contribution in [2.75, 3.05) is 11.9 Å². The van der Waals surface area contributed by atoms with E-state index < -0.39 is 0 Å². The lowest BCUT2D eigenvalue weighted by molar-refractivity contribution is 0.254. The first-order valence-corrected chi connectivity index (χ1v) is 7.34. The monoisotopic (exact) mass is 296 g/mol. The van der Waals surface area contributed by atoms with Crippen LogP contribution in [0.5, 0.6) is 5.75 Å². The number of alkyl halides is 1. The van der Waals surface area contributed by atoms with E-state index in [0.717, 1.165) is 23.2 Å². The molecule has 0 aliphatic carbocycles. The molecular weight excluding hydrogens is 276 g/mol. The third-order valence-corrected chi connectivity index (χ3v) is 3.57. The van der Waals surface area contributed by atoms with Gasteiger partial charge in [0.15, 0.2) is 0 Å². The molecule has 1 nitrogen and oxygen atoms in total. The van der Waals surface area contributed by atoms with Gasteiger partial charge in [-0.05, 0) is 19.4 Å². The van der Waals surface area contributed by atoms with E-state index in [2.05, 4.69) is 35.0 Å². The first-order chi connectivity index (χ1) is 8.31. The molecule has 0 heterocycles. The van der Waals surface area contributed by atoms with Crippen molar-refractivity contribution in [2.24, 2.45) is 5.92 Å². The largest absolute Gasteiger partial charge is 0.493 e.